The van der Waals surface area contributed by atoms with Crippen LogP contribution in [0.2, 0.25) is 0 Å². The number of non-ortho nitro benzene ring substituents is 1. The van der Waals surface area contributed by atoms with Crippen LogP contribution in [0.15, 0.2) is 64.0 Å². The third kappa shape index (κ3) is 5.47. The van der Waals surface area contributed by atoms with Crippen LogP contribution in [0.4, 0.5) is 5.69 Å². The standard InChI is InChI=1S/C26H30N4O2S/c1-18(2)27-26-29(25(17-33-26)23-13-15-24(16-14-23)30(31)32)28-19(3)20-9-11-22(12-10-20)21-7-5-4-6-8-21/h9-18,21H,4-8H2,1-3H3. The molecule has 0 bridgehead atoms. The average Bonchev–Trinajstić information content (AvgIpc) is 3.21. The topological polar surface area (TPSA) is 72.8 Å². The first-order valence-electron chi connectivity index (χ1n) is 11.6. The summed E-state index contributed by atoms with van der Waals surface area (Å²) in [5, 5.41) is 18.0. The molecular formula is C26H30N4O2S. The van der Waals surface area contributed by atoms with Gasteiger partial charge in [0.25, 0.3) is 5.69 Å². The van der Waals surface area contributed by atoms with Crippen molar-refractivity contribution in [3.63, 3.8) is 0 Å². The van der Waals surface area contributed by atoms with Gasteiger partial charge in [-0.05, 0) is 62.8 Å². The summed E-state index contributed by atoms with van der Waals surface area (Å²) in [6.45, 7) is 6.09. The highest BCUT2D eigenvalue weighted by Gasteiger charge is 2.16. The lowest BCUT2D eigenvalue weighted by Crippen LogP contribution is -2.16. The van der Waals surface area contributed by atoms with Crippen LogP contribution in [0, 0.1) is 10.1 Å². The van der Waals surface area contributed by atoms with E-state index in [1.807, 2.05) is 30.8 Å². The van der Waals surface area contributed by atoms with Gasteiger partial charge in [-0.15, -0.1) is 11.3 Å². The van der Waals surface area contributed by atoms with Crippen molar-refractivity contribution in [3.8, 4) is 11.3 Å². The first-order chi connectivity index (χ1) is 15.9. The number of hydrogen-bond donors (Lipinski definition) is 0. The van der Waals surface area contributed by atoms with E-state index in [0.717, 1.165) is 27.3 Å². The van der Waals surface area contributed by atoms with Gasteiger partial charge in [0.15, 0.2) is 0 Å². The third-order valence-electron chi connectivity index (χ3n) is 6.08. The van der Waals surface area contributed by atoms with Gasteiger partial charge in [0, 0.05) is 29.1 Å². The molecule has 0 spiro atoms. The fraction of sp³-hybridized carbons (Fsp3) is 0.385. The Kier molecular flexibility index (Phi) is 7.18. The first kappa shape index (κ1) is 23.1. The van der Waals surface area contributed by atoms with Gasteiger partial charge in [-0.25, -0.2) is 4.68 Å². The highest BCUT2D eigenvalue weighted by molar-refractivity contribution is 7.07. The Hall–Kier alpha value is -3.06. The summed E-state index contributed by atoms with van der Waals surface area (Å²) in [5.41, 5.74) is 5.22. The Morgan fingerprint density at radius 3 is 2.33 bits per heavy atom. The minimum Gasteiger partial charge on any atom is -0.258 e. The molecule has 4 rings (SSSR count). The molecule has 0 atom stereocenters. The number of rotatable bonds is 6. The average molecular weight is 463 g/mol. The van der Waals surface area contributed by atoms with Crippen molar-refractivity contribution in [2.45, 2.75) is 64.8 Å². The maximum Gasteiger partial charge on any atom is 0.269 e. The van der Waals surface area contributed by atoms with Crippen molar-refractivity contribution in [2.24, 2.45) is 10.1 Å². The van der Waals surface area contributed by atoms with Gasteiger partial charge in [0.05, 0.1) is 16.3 Å². The van der Waals surface area contributed by atoms with E-state index < -0.39 is 0 Å². The Bertz CT molecular complexity index is 1200. The van der Waals surface area contributed by atoms with Crippen molar-refractivity contribution in [3.05, 3.63) is 80.0 Å². The van der Waals surface area contributed by atoms with Crippen molar-refractivity contribution >= 4 is 22.7 Å². The van der Waals surface area contributed by atoms with Crippen LogP contribution in [-0.4, -0.2) is 21.4 Å². The highest BCUT2D eigenvalue weighted by Crippen LogP contribution is 2.32. The van der Waals surface area contributed by atoms with Crippen molar-refractivity contribution in [1.29, 1.82) is 0 Å². The van der Waals surface area contributed by atoms with Crippen LogP contribution in [0.3, 0.4) is 0 Å². The summed E-state index contributed by atoms with van der Waals surface area (Å²) < 4.78 is 1.86. The minimum atomic E-state index is -0.385. The van der Waals surface area contributed by atoms with E-state index in [1.54, 1.807) is 12.1 Å². The molecule has 2 aromatic carbocycles. The normalized spacial score (nSPS) is 15.9. The third-order valence-corrected chi connectivity index (χ3v) is 6.91. The van der Waals surface area contributed by atoms with Crippen LogP contribution in [-0.2, 0) is 0 Å². The molecule has 6 nitrogen and oxygen atoms in total. The molecule has 1 aliphatic rings. The summed E-state index contributed by atoms with van der Waals surface area (Å²) in [6.07, 6.45) is 6.59. The maximum absolute atomic E-state index is 11.0. The SMILES string of the molecule is CC(=Nn1c(-c2ccc([N+](=O)[O-])cc2)csc1=NC(C)C)c1ccc(C2CCCCC2)cc1. The number of hydrogen-bond acceptors (Lipinski definition) is 5. The lowest BCUT2D eigenvalue weighted by Gasteiger charge is -2.22. The lowest BCUT2D eigenvalue weighted by molar-refractivity contribution is -0.384. The van der Waals surface area contributed by atoms with E-state index in [0.29, 0.717) is 5.92 Å². The van der Waals surface area contributed by atoms with Crippen molar-refractivity contribution < 1.29 is 4.92 Å². The molecule has 0 aliphatic heterocycles. The summed E-state index contributed by atoms with van der Waals surface area (Å²) in [7, 11) is 0. The van der Waals surface area contributed by atoms with Gasteiger partial charge in [0.1, 0.15) is 0 Å². The van der Waals surface area contributed by atoms with Crippen LogP contribution < -0.4 is 4.80 Å². The maximum atomic E-state index is 11.0. The molecule has 1 fully saturated rings. The van der Waals surface area contributed by atoms with E-state index in [1.165, 1.54) is 61.1 Å². The molecule has 1 aliphatic carbocycles. The Morgan fingerprint density at radius 2 is 1.73 bits per heavy atom. The largest absolute Gasteiger partial charge is 0.269 e. The van der Waals surface area contributed by atoms with Gasteiger partial charge in [-0.3, -0.25) is 15.1 Å². The second-order valence-corrected chi connectivity index (χ2v) is 9.72. The molecule has 3 aromatic rings. The molecule has 0 radical (unpaired) electrons. The first-order valence-corrected chi connectivity index (χ1v) is 12.5. The minimum absolute atomic E-state index is 0.0744. The number of nitro benzene ring substituents is 1. The van der Waals surface area contributed by atoms with Crippen LogP contribution in [0.1, 0.15) is 69.9 Å². The summed E-state index contributed by atoms with van der Waals surface area (Å²) in [4.78, 5) is 16.2. The molecule has 1 heterocycles. The molecule has 172 valence electrons. The quantitative estimate of drug-likeness (QED) is 0.231. The van der Waals surface area contributed by atoms with Crippen molar-refractivity contribution in [1.82, 2.24) is 4.68 Å². The summed E-state index contributed by atoms with van der Waals surface area (Å²) >= 11 is 1.52. The smallest absolute Gasteiger partial charge is 0.258 e. The van der Waals surface area contributed by atoms with E-state index in [9.17, 15) is 10.1 Å². The van der Waals surface area contributed by atoms with Crippen LogP contribution >= 0.6 is 11.3 Å². The van der Waals surface area contributed by atoms with Gasteiger partial charge in [-0.1, -0.05) is 43.5 Å². The number of nitro groups is 1. The molecule has 1 saturated carbocycles. The lowest BCUT2D eigenvalue weighted by atomic mass is 9.84. The second-order valence-electron chi connectivity index (χ2n) is 8.88. The fourth-order valence-corrected chi connectivity index (χ4v) is 5.26. The summed E-state index contributed by atoms with van der Waals surface area (Å²) in [5.74, 6) is 0.682. The zero-order chi connectivity index (χ0) is 23.4. The van der Waals surface area contributed by atoms with Crippen LogP contribution in [0.5, 0.6) is 0 Å². The Morgan fingerprint density at radius 1 is 1.06 bits per heavy atom. The van der Waals surface area contributed by atoms with Crippen molar-refractivity contribution in [2.75, 3.05) is 0 Å². The molecule has 0 saturated heterocycles. The molecule has 33 heavy (non-hydrogen) atoms. The number of benzene rings is 2. The zero-order valence-electron chi connectivity index (χ0n) is 19.4. The zero-order valence-corrected chi connectivity index (χ0v) is 20.2. The number of aromatic nitrogens is 1. The van der Waals surface area contributed by atoms with Gasteiger partial charge in [0.2, 0.25) is 4.80 Å². The van der Waals surface area contributed by atoms with Gasteiger partial charge < -0.3 is 0 Å². The van der Waals surface area contributed by atoms with E-state index in [-0.39, 0.29) is 16.7 Å². The molecule has 7 heteroatoms. The monoisotopic (exact) mass is 462 g/mol. The van der Waals surface area contributed by atoms with E-state index in [2.05, 4.69) is 24.3 Å². The fourth-order valence-electron chi connectivity index (χ4n) is 4.30. The molecule has 0 unspecified atom stereocenters. The summed E-state index contributed by atoms with van der Waals surface area (Å²) in [6, 6.07) is 15.5. The van der Waals surface area contributed by atoms with E-state index >= 15 is 0 Å². The predicted octanol–water partition coefficient (Wildman–Crippen LogP) is 6.75. The molecular weight excluding hydrogens is 432 g/mol. The predicted molar refractivity (Wildman–Crippen MR) is 135 cm³/mol. The highest BCUT2D eigenvalue weighted by atomic mass is 32.1. The Labute approximate surface area is 198 Å². The van der Waals surface area contributed by atoms with Gasteiger partial charge >= 0.3 is 0 Å². The van der Waals surface area contributed by atoms with Crippen LogP contribution in [0.25, 0.3) is 11.3 Å². The molecule has 1 aromatic heterocycles. The number of thiazole rings is 1. The molecule has 0 N–H and O–H groups in total. The van der Waals surface area contributed by atoms with Gasteiger partial charge in [-0.2, -0.15) is 5.10 Å². The molecule has 0 amide bonds. The second kappa shape index (κ2) is 10.3. The van der Waals surface area contributed by atoms with E-state index in [4.69, 9.17) is 10.1 Å². The number of nitrogens with zero attached hydrogens (tertiary/aromatic N) is 4. The Balaban J connectivity index is 1.69.